The summed E-state index contributed by atoms with van der Waals surface area (Å²) in [6, 6.07) is 8.79. The molecule has 1 atom stereocenters. The van der Waals surface area contributed by atoms with Crippen LogP contribution in [0.15, 0.2) is 30.3 Å². The van der Waals surface area contributed by atoms with Crippen LogP contribution in [0.3, 0.4) is 0 Å². The molecule has 0 saturated carbocycles. The van der Waals surface area contributed by atoms with Gasteiger partial charge in [0.05, 0.1) is 19.2 Å². The second-order valence-corrected chi connectivity index (χ2v) is 5.46. The van der Waals surface area contributed by atoms with E-state index in [1.807, 2.05) is 19.1 Å². The normalized spacial score (nSPS) is 12.1. The average molecular weight is 327 g/mol. The quantitative estimate of drug-likeness (QED) is 0.904. The van der Waals surface area contributed by atoms with E-state index >= 15 is 0 Å². The third-order valence-electron chi connectivity index (χ3n) is 3.28. The van der Waals surface area contributed by atoms with Gasteiger partial charge >= 0.3 is 0 Å². The van der Waals surface area contributed by atoms with Crippen LogP contribution < -0.4 is 9.47 Å². The topological polar surface area (TPSA) is 38.7 Å². The number of hydrogen-bond donors (Lipinski definition) is 1. The zero-order valence-electron chi connectivity index (χ0n) is 12.0. The Morgan fingerprint density at radius 3 is 2.19 bits per heavy atom. The Balaban J connectivity index is 2.45. The van der Waals surface area contributed by atoms with Crippen LogP contribution >= 0.6 is 23.2 Å². The first kappa shape index (κ1) is 16.0. The number of halogens is 2. The fourth-order valence-corrected chi connectivity index (χ4v) is 2.55. The molecule has 1 N–H and O–H groups in total. The summed E-state index contributed by atoms with van der Waals surface area (Å²) in [5.74, 6) is 0.911. The second kappa shape index (κ2) is 6.56. The highest BCUT2D eigenvalue weighted by Gasteiger charge is 2.17. The summed E-state index contributed by atoms with van der Waals surface area (Å²) < 4.78 is 10.4. The second-order valence-electron chi connectivity index (χ2n) is 4.65. The first-order valence-electron chi connectivity index (χ1n) is 6.33. The number of ether oxygens (including phenoxy) is 2. The van der Waals surface area contributed by atoms with Crippen LogP contribution in [0.2, 0.25) is 10.0 Å². The summed E-state index contributed by atoms with van der Waals surface area (Å²) in [4.78, 5) is 0. The molecule has 5 heteroatoms. The maximum atomic E-state index is 10.5. The van der Waals surface area contributed by atoms with Gasteiger partial charge in [-0.2, -0.15) is 0 Å². The van der Waals surface area contributed by atoms with Crippen LogP contribution in [-0.2, 0) is 0 Å². The summed E-state index contributed by atoms with van der Waals surface area (Å²) >= 11 is 12.3. The molecule has 0 radical (unpaired) electrons. The Morgan fingerprint density at radius 1 is 0.952 bits per heavy atom. The highest BCUT2D eigenvalue weighted by Crippen LogP contribution is 2.39. The van der Waals surface area contributed by atoms with Gasteiger partial charge in [-0.05, 0) is 41.8 Å². The van der Waals surface area contributed by atoms with Gasteiger partial charge in [0, 0.05) is 5.02 Å². The Kier molecular flexibility index (Phi) is 4.99. The smallest absolute Gasteiger partial charge is 0.179 e. The lowest BCUT2D eigenvalue weighted by Gasteiger charge is -2.16. The number of benzene rings is 2. The van der Waals surface area contributed by atoms with Crippen molar-refractivity contribution in [3.8, 4) is 11.5 Å². The minimum absolute atomic E-state index is 0.379. The predicted molar refractivity (Wildman–Crippen MR) is 84.8 cm³/mol. The van der Waals surface area contributed by atoms with Gasteiger partial charge in [-0.25, -0.2) is 0 Å². The summed E-state index contributed by atoms with van der Waals surface area (Å²) in [7, 11) is 3.03. The summed E-state index contributed by atoms with van der Waals surface area (Å²) in [6.45, 7) is 1.91. The molecule has 0 fully saturated rings. The van der Waals surface area contributed by atoms with Crippen molar-refractivity contribution in [3.63, 3.8) is 0 Å². The number of aliphatic hydroxyl groups is 1. The van der Waals surface area contributed by atoms with E-state index in [0.717, 1.165) is 5.56 Å². The maximum Gasteiger partial charge on any atom is 0.179 e. The van der Waals surface area contributed by atoms with Crippen LogP contribution in [0.1, 0.15) is 22.8 Å². The van der Waals surface area contributed by atoms with Crippen molar-refractivity contribution in [1.82, 2.24) is 0 Å². The van der Waals surface area contributed by atoms with Gasteiger partial charge < -0.3 is 14.6 Å². The van der Waals surface area contributed by atoms with Crippen LogP contribution in [0.4, 0.5) is 0 Å². The lowest BCUT2D eigenvalue weighted by molar-refractivity contribution is 0.219. The third kappa shape index (κ3) is 3.26. The van der Waals surface area contributed by atoms with Crippen molar-refractivity contribution in [3.05, 3.63) is 57.1 Å². The average Bonchev–Trinajstić information content (AvgIpc) is 2.48. The molecule has 2 aromatic rings. The molecule has 2 aromatic carbocycles. The van der Waals surface area contributed by atoms with E-state index in [1.165, 1.54) is 14.2 Å². The van der Waals surface area contributed by atoms with Crippen LogP contribution in [0, 0.1) is 6.92 Å². The molecule has 0 aliphatic heterocycles. The van der Waals surface area contributed by atoms with E-state index in [4.69, 9.17) is 32.7 Å². The number of aryl methyl sites for hydroxylation is 1. The fourth-order valence-electron chi connectivity index (χ4n) is 2.07. The molecule has 0 bridgehead atoms. The van der Waals surface area contributed by atoms with Crippen LogP contribution in [-0.4, -0.2) is 19.3 Å². The van der Waals surface area contributed by atoms with Crippen molar-refractivity contribution in [1.29, 1.82) is 0 Å². The number of rotatable bonds is 4. The lowest BCUT2D eigenvalue weighted by atomic mass is 10.00. The molecular weight excluding hydrogens is 311 g/mol. The van der Waals surface area contributed by atoms with Crippen molar-refractivity contribution in [2.24, 2.45) is 0 Å². The minimum Gasteiger partial charge on any atom is -0.493 e. The van der Waals surface area contributed by atoms with E-state index in [0.29, 0.717) is 32.7 Å². The van der Waals surface area contributed by atoms with Crippen LogP contribution in [0.25, 0.3) is 0 Å². The zero-order chi connectivity index (χ0) is 15.6. The summed E-state index contributed by atoms with van der Waals surface area (Å²) in [5.41, 5.74) is 2.25. The molecule has 1 unspecified atom stereocenters. The highest BCUT2D eigenvalue weighted by atomic mass is 35.5. The van der Waals surface area contributed by atoms with Gasteiger partial charge in [0.25, 0.3) is 0 Å². The Morgan fingerprint density at radius 2 is 1.62 bits per heavy atom. The Labute approximate surface area is 134 Å². The highest BCUT2D eigenvalue weighted by molar-refractivity contribution is 6.32. The summed E-state index contributed by atoms with van der Waals surface area (Å²) in [5, 5.41) is 11.5. The molecule has 0 saturated heterocycles. The molecule has 0 heterocycles. The van der Waals surface area contributed by atoms with Gasteiger partial charge in [0.15, 0.2) is 11.5 Å². The molecule has 0 aromatic heterocycles. The largest absolute Gasteiger partial charge is 0.493 e. The molecule has 0 aliphatic rings. The molecule has 0 spiro atoms. The maximum absolute atomic E-state index is 10.5. The van der Waals surface area contributed by atoms with Gasteiger partial charge in [0.1, 0.15) is 6.10 Å². The van der Waals surface area contributed by atoms with E-state index in [9.17, 15) is 5.11 Å². The first-order valence-corrected chi connectivity index (χ1v) is 7.09. The van der Waals surface area contributed by atoms with Crippen molar-refractivity contribution < 1.29 is 14.6 Å². The predicted octanol–water partition coefficient (Wildman–Crippen LogP) is 4.40. The van der Waals surface area contributed by atoms with Gasteiger partial charge in [-0.1, -0.05) is 35.3 Å². The van der Waals surface area contributed by atoms with Crippen LogP contribution in [0.5, 0.6) is 11.5 Å². The minimum atomic E-state index is -0.847. The van der Waals surface area contributed by atoms with E-state index in [2.05, 4.69) is 0 Å². The molecule has 0 amide bonds. The standard InChI is InChI=1S/C16H16Cl2O3/c1-9-4-5-10(6-12(9)17)15(19)11-7-13(18)16(21-3)14(8-11)20-2/h4-8,15,19H,1-3H3. The molecule has 3 nitrogen and oxygen atoms in total. The van der Waals surface area contributed by atoms with Gasteiger partial charge in [-0.15, -0.1) is 0 Å². The van der Waals surface area contributed by atoms with E-state index in [-0.39, 0.29) is 0 Å². The molecular formula is C16H16Cl2O3. The Bertz CT molecular complexity index is 656. The molecule has 112 valence electrons. The number of aliphatic hydroxyl groups excluding tert-OH is 1. The lowest BCUT2D eigenvalue weighted by Crippen LogP contribution is -2.02. The van der Waals surface area contributed by atoms with Crippen molar-refractivity contribution >= 4 is 23.2 Å². The van der Waals surface area contributed by atoms with E-state index < -0.39 is 6.10 Å². The van der Waals surface area contributed by atoms with Crippen molar-refractivity contribution in [2.45, 2.75) is 13.0 Å². The fraction of sp³-hybridized carbons (Fsp3) is 0.250. The molecule has 0 aliphatic carbocycles. The number of hydrogen-bond acceptors (Lipinski definition) is 3. The number of methoxy groups -OCH3 is 2. The molecule has 2 rings (SSSR count). The zero-order valence-corrected chi connectivity index (χ0v) is 13.5. The first-order chi connectivity index (χ1) is 9.97. The SMILES string of the molecule is COc1cc(C(O)c2ccc(C)c(Cl)c2)cc(Cl)c1OC. The van der Waals surface area contributed by atoms with Crippen molar-refractivity contribution in [2.75, 3.05) is 14.2 Å². The monoisotopic (exact) mass is 326 g/mol. The third-order valence-corrected chi connectivity index (χ3v) is 3.97. The molecule has 21 heavy (non-hydrogen) atoms. The van der Waals surface area contributed by atoms with Gasteiger partial charge in [-0.3, -0.25) is 0 Å². The Hall–Kier alpha value is -1.42. The van der Waals surface area contributed by atoms with Gasteiger partial charge in [0.2, 0.25) is 0 Å². The summed E-state index contributed by atoms with van der Waals surface area (Å²) in [6.07, 6.45) is -0.847. The van der Waals surface area contributed by atoms with E-state index in [1.54, 1.807) is 18.2 Å².